The maximum absolute atomic E-state index is 12.3. The lowest BCUT2D eigenvalue weighted by molar-refractivity contribution is -0.123. The molecule has 8 nitrogen and oxygen atoms in total. The lowest BCUT2D eigenvalue weighted by atomic mass is 10.2. The number of nitrogens with zero attached hydrogens (tertiary/aromatic N) is 2. The number of anilines is 1. The Kier molecular flexibility index (Phi) is 6.32. The van der Waals surface area contributed by atoms with E-state index in [9.17, 15) is 14.4 Å². The summed E-state index contributed by atoms with van der Waals surface area (Å²) in [6.45, 7) is 0.230. The van der Waals surface area contributed by atoms with Crippen molar-refractivity contribution in [3.63, 3.8) is 0 Å². The van der Waals surface area contributed by atoms with E-state index in [-0.39, 0.29) is 18.1 Å². The normalized spacial score (nSPS) is 13.0. The fourth-order valence-electron chi connectivity index (χ4n) is 2.77. The quantitative estimate of drug-likeness (QED) is 0.731. The van der Waals surface area contributed by atoms with Crippen LogP contribution in [0.15, 0.2) is 42.5 Å². The molecule has 0 saturated carbocycles. The summed E-state index contributed by atoms with van der Waals surface area (Å²) >= 11 is 6.16. The Bertz CT molecular complexity index is 985. The second-order valence-electron chi connectivity index (χ2n) is 6.24. The Balaban J connectivity index is 1.54. The number of hydrogen-bond acceptors (Lipinski definition) is 5. The molecule has 1 fully saturated rings. The average Bonchev–Trinajstić information content (AvgIpc) is 3.16. The van der Waals surface area contributed by atoms with Crippen LogP contribution < -0.4 is 20.5 Å². The van der Waals surface area contributed by atoms with Gasteiger partial charge in [-0.2, -0.15) is 5.26 Å². The molecule has 9 heteroatoms. The van der Waals surface area contributed by atoms with E-state index in [0.717, 1.165) is 6.42 Å². The minimum absolute atomic E-state index is 0.0438. The van der Waals surface area contributed by atoms with Crippen molar-refractivity contribution < 1.29 is 19.1 Å². The van der Waals surface area contributed by atoms with Crippen LogP contribution >= 0.6 is 11.6 Å². The summed E-state index contributed by atoms with van der Waals surface area (Å²) in [4.78, 5) is 37.7. The van der Waals surface area contributed by atoms with Crippen molar-refractivity contribution in [1.82, 2.24) is 10.9 Å². The Morgan fingerprint density at radius 1 is 1.17 bits per heavy atom. The molecule has 29 heavy (non-hydrogen) atoms. The van der Waals surface area contributed by atoms with Gasteiger partial charge < -0.3 is 9.64 Å². The second-order valence-corrected chi connectivity index (χ2v) is 6.65. The summed E-state index contributed by atoms with van der Waals surface area (Å²) in [6, 6.07) is 12.8. The molecule has 0 unspecified atom stereocenters. The van der Waals surface area contributed by atoms with E-state index in [1.54, 1.807) is 29.2 Å². The summed E-state index contributed by atoms with van der Waals surface area (Å²) in [5, 5.41) is 9.12. The third kappa shape index (κ3) is 5.03. The van der Waals surface area contributed by atoms with Gasteiger partial charge in [-0.3, -0.25) is 25.2 Å². The molecule has 3 amide bonds. The topological polar surface area (TPSA) is 112 Å². The van der Waals surface area contributed by atoms with Gasteiger partial charge in [-0.15, -0.1) is 0 Å². The molecule has 2 N–H and O–H groups in total. The van der Waals surface area contributed by atoms with Crippen LogP contribution in [0.4, 0.5) is 5.69 Å². The summed E-state index contributed by atoms with van der Waals surface area (Å²) in [5.41, 5.74) is 5.75. The summed E-state index contributed by atoms with van der Waals surface area (Å²) < 4.78 is 5.29. The van der Waals surface area contributed by atoms with Gasteiger partial charge in [0.2, 0.25) is 5.91 Å². The number of benzene rings is 2. The Labute approximate surface area is 172 Å². The largest absolute Gasteiger partial charge is 0.484 e. The highest BCUT2D eigenvalue weighted by atomic mass is 35.5. The molecule has 1 aliphatic rings. The minimum Gasteiger partial charge on any atom is -0.484 e. The number of hydrazine groups is 1. The van der Waals surface area contributed by atoms with Gasteiger partial charge in [0, 0.05) is 18.5 Å². The molecular weight excluding hydrogens is 396 g/mol. The van der Waals surface area contributed by atoms with Crippen molar-refractivity contribution >= 4 is 35.0 Å². The number of rotatable bonds is 5. The predicted molar refractivity (Wildman–Crippen MR) is 105 cm³/mol. The van der Waals surface area contributed by atoms with Crippen molar-refractivity contribution in [1.29, 1.82) is 5.26 Å². The fourth-order valence-corrected chi connectivity index (χ4v) is 2.99. The highest BCUT2D eigenvalue weighted by molar-refractivity contribution is 6.34. The highest BCUT2D eigenvalue weighted by Crippen LogP contribution is 2.30. The molecule has 2 aromatic carbocycles. The van der Waals surface area contributed by atoms with Crippen LogP contribution in [0, 0.1) is 11.3 Å². The van der Waals surface area contributed by atoms with E-state index in [1.165, 1.54) is 18.2 Å². The molecule has 2 aromatic rings. The molecule has 0 spiro atoms. The first-order chi connectivity index (χ1) is 14.0. The summed E-state index contributed by atoms with van der Waals surface area (Å²) in [7, 11) is 0. The van der Waals surface area contributed by atoms with Gasteiger partial charge in [0.1, 0.15) is 5.75 Å². The molecule has 0 aliphatic carbocycles. The van der Waals surface area contributed by atoms with Crippen LogP contribution in [0.3, 0.4) is 0 Å². The highest BCUT2D eigenvalue weighted by Gasteiger charge is 2.24. The fraction of sp³-hybridized carbons (Fsp3) is 0.200. The molecule has 3 rings (SSSR count). The van der Waals surface area contributed by atoms with Crippen molar-refractivity contribution in [2.24, 2.45) is 0 Å². The summed E-state index contributed by atoms with van der Waals surface area (Å²) in [5.74, 6) is -0.742. The molecule has 1 heterocycles. The average molecular weight is 413 g/mol. The van der Waals surface area contributed by atoms with E-state index in [2.05, 4.69) is 10.9 Å². The maximum atomic E-state index is 12.3. The number of carbonyl (C=O) groups is 3. The van der Waals surface area contributed by atoms with Gasteiger partial charge >= 0.3 is 0 Å². The number of nitriles is 1. The first-order valence-corrected chi connectivity index (χ1v) is 9.18. The number of nitrogens with one attached hydrogen (secondary N) is 2. The molecule has 0 atom stereocenters. The molecule has 1 aliphatic heterocycles. The second kappa shape index (κ2) is 9.08. The van der Waals surface area contributed by atoms with E-state index >= 15 is 0 Å². The Hall–Kier alpha value is -3.57. The van der Waals surface area contributed by atoms with Crippen molar-refractivity contribution in [2.75, 3.05) is 18.1 Å². The summed E-state index contributed by atoms with van der Waals surface area (Å²) in [6.07, 6.45) is 1.18. The monoisotopic (exact) mass is 412 g/mol. The zero-order valence-corrected chi connectivity index (χ0v) is 16.0. The van der Waals surface area contributed by atoms with E-state index < -0.39 is 11.8 Å². The van der Waals surface area contributed by atoms with Crippen molar-refractivity contribution in [3.05, 3.63) is 58.6 Å². The van der Waals surface area contributed by atoms with Gasteiger partial charge in [0.05, 0.1) is 22.3 Å². The molecule has 1 saturated heterocycles. The van der Waals surface area contributed by atoms with Crippen LogP contribution in [0.1, 0.15) is 28.8 Å². The zero-order valence-electron chi connectivity index (χ0n) is 15.3. The number of halogens is 1. The van der Waals surface area contributed by atoms with Gasteiger partial charge in [-0.1, -0.05) is 11.6 Å². The van der Waals surface area contributed by atoms with Gasteiger partial charge in [0.15, 0.2) is 6.61 Å². The Morgan fingerprint density at radius 2 is 1.93 bits per heavy atom. The van der Waals surface area contributed by atoms with Crippen LogP contribution in [0.25, 0.3) is 0 Å². The van der Waals surface area contributed by atoms with Crippen LogP contribution in [0.5, 0.6) is 5.75 Å². The first-order valence-electron chi connectivity index (χ1n) is 8.80. The predicted octanol–water partition coefficient (Wildman–Crippen LogP) is 2.18. The van der Waals surface area contributed by atoms with Crippen LogP contribution in [-0.4, -0.2) is 30.9 Å². The third-order valence-electron chi connectivity index (χ3n) is 4.24. The van der Waals surface area contributed by atoms with E-state index in [0.29, 0.717) is 35.0 Å². The van der Waals surface area contributed by atoms with E-state index in [4.69, 9.17) is 21.6 Å². The van der Waals surface area contributed by atoms with Crippen molar-refractivity contribution in [3.8, 4) is 11.8 Å². The first kappa shape index (κ1) is 20.2. The van der Waals surface area contributed by atoms with Crippen LogP contribution in [-0.2, 0) is 9.59 Å². The van der Waals surface area contributed by atoms with Gasteiger partial charge in [-0.25, -0.2) is 0 Å². The SMILES string of the molecule is N#Cc1ccc(OCC(=O)NNC(=O)c2ccc(Cl)c(N3CCCC3=O)c2)cc1. The standard InChI is InChI=1S/C20H17ClN4O4/c21-16-8-5-14(10-17(16)25-9-1-2-19(25)27)20(28)24-23-18(26)12-29-15-6-3-13(11-22)4-7-15/h3-8,10H,1-2,9,12H2,(H,23,26)(H,24,28). The van der Waals surface area contributed by atoms with Crippen LogP contribution in [0.2, 0.25) is 5.02 Å². The number of ether oxygens (including phenoxy) is 1. The minimum atomic E-state index is -0.563. The maximum Gasteiger partial charge on any atom is 0.276 e. The lowest BCUT2D eigenvalue weighted by Crippen LogP contribution is -2.43. The third-order valence-corrected chi connectivity index (χ3v) is 4.56. The lowest BCUT2D eigenvalue weighted by Gasteiger charge is -2.18. The van der Waals surface area contributed by atoms with Gasteiger partial charge in [0.25, 0.3) is 11.8 Å². The molecular formula is C20H17ClN4O4. The Morgan fingerprint density at radius 3 is 2.59 bits per heavy atom. The van der Waals surface area contributed by atoms with E-state index in [1.807, 2.05) is 6.07 Å². The molecule has 0 radical (unpaired) electrons. The molecule has 0 aromatic heterocycles. The number of carbonyl (C=O) groups excluding carboxylic acids is 3. The number of amides is 3. The smallest absolute Gasteiger partial charge is 0.276 e. The number of hydrogen-bond donors (Lipinski definition) is 2. The molecule has 0 bridgehead atoms. The van der Waals surface area contributed by atoms with Crippen molar-refractivity contribution in [2.45, 2.75) is 12.8 Å². The van der Waals surface area contributed by atoms with Gasteiger partial charge in [-0.05, 0) is 48.9 Å². The zero-order chi connectivity index (χ0) is 20.8. The molecule has 148 valence electrons.